The van der Waals surface area contributed by atoms with Gasteiger partial charge in [-0.2, -0.15) is 13.2 Å². The standard InChI is InChI=1S/C14H12BrF3N2O/c1-19-7-9-4-2-3-5-12(9)21-13-11(14(16,17)18)6-10(15)8-20-13/h2-6,8,19H,7H2,1H3. The Kier molecular flexibility index (Phi) is 4.84. The molecule has 21 heavy (non-hydrogen) atoms. The summed E-state index contributed by atoms with van der Waals surface area (Å²) in [6, 6.07) is 7.82. The predicted octanol–water partition coefficient (Wildman–Crippen LogP) is 4.37. The fraction of sp³-hybridized carbons (Fsp3) is 0.214. The second-order valence-electron chi connectivity index (χ2n) is 4.24. The first-order chi connectivity index (χ1) is 9.91. The number of hydrogen-bond acceptors (Lipinski definition) is 3. The molecule has 0 fully saturated rings. The smallest absolute Gasteiger partial charge is 0.421 e. The number of para-hydroxylation sites is 1. The number of nitrogens with one attached hydrogen (secondary N) is 1. The first-order valence-electron chi connectivity index (χ1n) is 6.05. The van der Waals surface area contributed by atoms with E-state index in [9.17, 15) is 13.2 Å². The number of ether oxygens (including phenoxy) is 1. The molecule has 1 aromatic heterocycles. The van der Waals surface area contributed by atoms with Crippen LogP contribution in [0.15, 0.2) is 41.0 Å². The van der Waals surface area contributed by atoms with Crippen LogP contribution in [-0.2, 0) is 12.7 Å². The Balaban J connectivity index is 2.41. The summed E-state index contributed by atoms with van der Waals surface area (Å²) >= 11 is 2.99. The van der Waals surface area contributed by atoms with Crippen molar-refractivity contribution in [1.29, 1.82) is 0 Å². The Bertz CT molecular complexity index is 632. The normalized spacial score (nSPS) is 11.5. The first-order valence-corrected chi connectivity index (χ1v) is 6.84. The van der Waals surface area contributed by atoms with E-state index in [1.807, 2.05) is 0 Å². The van der Waals surface area contributed by atoms with Crippen LogP contribution in [0, 0.1) is 0 Å². The number of benzene rings is 1. The minimum atomic E-state index is -4.54. The van der Waals surface area contributed by atoms with Gasteiger partial charge in [-0.3, -0.25) is 0 Å². The minimum absolute atomic E-state index is 0.241. The molecule has 1 heterocycles. The molecule has 2 rings (SSSR count). The number of pyridine rings is 1. The number of halogens is 4. The third-order valence-corrected chi connectivity index (χ3v) is 3.10. The average molecular weight is 361 g/mol. The van der Waals surface area contributed by atoms with Gasteiger partial charge < -0.3 is 10.1 Å². The molecule has 0 radical (unpaired) electrons. The van der Waals surface area contributed by atoms with Crippen LogP contribution in [0.25, 0.3) is 0 Å². The minimum Gasteiger partial charge on any atom is -0.438 e. The maximum Gasteiger partial charge on any atom is 0.421 e. The largest absolute Gasteiger partial charge is 0.438 e. The molecule has 0 aliphatic carbocycles. The summed E-state index contributed by atoms with van der Waals surface area (Å²) in [5, 5.41) is 2.93. The zero-order chi connectivity index (χ0) is 15.5. The van der Waals surface area contributed by atoms with Gasteiger partial charge >= 0.3 is 6.18 Å². The molecule has 0 amide bonds. The van der Waals surface area contributed by atoms with Crippen molar-refractivity contribution in [2.24, 2.45) is 0 Å². The van der Waals surface area contributed by atoms with E-state index in [0.29, 0.717) is 12.3 Å². The zero-order valence-corrected chi connectivity index (χ0v) is 12.6. The molecule has 0 saturated carbocycles. The maximum absolute atomic E-state index is 13.0. The van der Waals surface area contributed by atoms with E-state index in [-0.39, 0.29) is 4.47 Å². The Morgan fingerprint density at radius 2 is 2.00 bits per heavy atom. The summed E-state index contributed by atoms with van der Waals surface area (Å²) < 4.78 is 44.7. The number of hydrogen-bond donors (Lipinski definition) is 1. The zero-order valence-electron chi connectivity index (χ0n) is 11.0. The van der Waals surface area contributed by atoms with Gasteiger partial charge in [-0.1, -0.05) is 18.2 Å². The number of alkyl halides is 3. The summed E-state index contributed by atoms with van der Waals surface area (Å²) in [5.41, 5.74) is -0.172. The Labute approximate surface area is 128 Å². The van der Waals surface area contributed by atoms with Gasteiger partial charge in [-0.25, -0.2) is 4.98 Å². The summed E-state index contributed by atoms with van der Waals surface area (Å²) in [5.74, 6) is -0.124. The predicted molar refractivity (Wildman–Crippen MR) is 76.2 cm³/mol. The molecule has 0 saturated heterocycles. The molecule has 1 aromatic carbocycles. The summed E-state index contributed by atoms with van der Waals surface area (Å²) in [6.07, 6.45) is -3.27. The molecule has 0 aliphatic rings. The van der Waals surface area contributed by atoms with Gasteiger partial charge in [0.05, 0.1) is 0 Å². The van der Waals surface area contributed by atoms with Crippen LogP contribution in [0.1, 0.15) is 11.1 Å². The topological polar surface area (TPSA) is 34.1 Å². The molecule has 0 aliphatic heterocycles. The lowest BCUT2D eigenvalue weighted by Gasteiger charge is -2.15. The van der Waals surface area contributed by atoms with Crippen LogP contribution in [-0.4, -0.2) is 12.0 Å². The van der Waals surface area contributed by atoms with Crippen molar-refractivity contribution in [1.82, 2.24) is 10.3 Å². The van der Waals surface area contributed by atoms with Crippen molar-refractivity contribution in [3.63, 3.8) is 0 Å². The van der Waals surface area contributed by atoms with Gasteiger partial charge in [0.15, 0.2) is 0 Å². The van der Waals surface area contributed by atoms with Gasteiger partial charge in [-0.05, 0) is 35.1 Å². The lowest BCUT2D eigenvalue weighted by molar-refractivity contribution is -0.138. The fourth-order valence-electron chi connectivity index (χ4n) is 1.76. The van der Waals surface area contributed by atoms with E-state index >= 15 is 0 Å². The van der Waals surface area contributed by atoms with Crippen molar-refractivity contribution in [3.05, 3.63) is 52.1 Å². The third kappa shape index (κ3) is 3.95. The second-order valence-corrected chi connectivity index (χ2v) is 5.16. The molecular weight excluding hydrogens is 349 g/mol. The molecule has 2 aromatic rings. The monoisotopic (exact) mass is 360 g/mol. The van der Waals surface area contributed by atoms with Crippen LogP contribution < -0.4 is 10.1 Å². The molecule has 0 unspecified atom stereocenters. The number of rotatable bonds is 4. The summed E-state index contributed by atoms with van der Waals surface area (Å²) in [4.78, 5) is 3.73. The Hall–Kier alpha value is -1.60. The lowest BCUT2D eigenvalue weighted by atomic mass is 10.2. The fourth-order valence-corrected chi connectivity index (χ4v) is 2.09. The first kappa shape index (κ1) is 15.8. The highest BCUT2D eigenvalue weighted by molar-refractivity contribution is 9.10. The van der Waals surface area contributed by atoms with Crippen LogP contribution in [0.4, 0.5) is 13.2 Å². The van der Waals surface area contributed by atoms with E-state index < -0.39 is 17.6 Å². The molecule has 7 heteroatoms. The van der Waals surface area contributed by atoms with Gasteiger partial charge in [0.1, 0.15) is 11.3 Å². The summed E-state index contributed by atoms with van der Waals surface area (Å²) in [7, 11) is 1.75. The van der Waals surface area contributed by atoms with Gasteiger partial charge in [0.2, 0.25) is 5.88 Å². The molecule has 1 N–H and O–H groups in total. The average Bonchev–Trinajstić information content (AvgIpc) is 2.42. The van der Waals surface area contributed by atoms with E-state index in [1.54, 1.807) is 31.3 Å². The van der Waals surface area contributed by atoms with E-state index in [1.165, 1.54) is 6.20 Å². The van der Waals surface area contributed by atoms with Gasteiger partial charge in [0.25, 0.3) is 0 Å². The Morgan fingerprint density at radius 1 is 1.29 bits per heavy atom. The maximum atomic E-state index is 13.0. The van der Waals surface area contributed by atoms with Gasteiger partial charge in [-0.15, -0.1) is 0 Å². The van der Waals surface area contributed by atoms with E-state index in [2.05, 4.69) is 26.2 Å². The van der Waals surface area contributed by atoms with Crippen molar-refractivity contribution >= 4 is 15.9 Å². The lowest BCUT2D eigenvalue weighted by Crippen LogP contribution is -2.10. The second kappa shape index (κ2) is 6.44. The molecular formula is C14H12BrF3N2O. The highest BCUT2D eigenvalue weighted by Crippen LogP contribution is 2.38. The van der Waals surface area contributed by atoms with E-state index in [4.69, 9.17) is 4.74 Å². The highest BCUT2D eigenvalue weighted by Gasteiger charge is 2.36. The quantitative estimate of drug-likeness (QED) is 0.878. The van der Waals surface area contributed by atoms with Crippen LogP contribution in [0.3, 0.4) is 0 Å². The summed E-state index contributed by atoms with van der Waals surface area (Å²) in [6.45, 7) is 0.480. The van der Waals surface area contributed by atoms with Gasteiger partial charge in [0, 0.05) is 22.8 Å². The number of aromatic nitrogens is 1. The highest BCUT2D eigenvalue weighted by atomic mass is 79.9. The van der Waals surface area contributed by atoms with Crippen LogP contribution in [0.5, 0.6) is 11.6 Å². The van der Waals surface area contributed by atoms with Crippen LogP contribution in [0.2, 0.25) is 0 Å². The molecule has 112 valence electrons. The third-order valence-electron chi connectivity index (χ3n) is 2.67. The van der Waals surface area contributed by atoms with Crippen LogP contribution >= 0.6 is 15.9 Å². The number of nitrogens with zero attached hydrogens (tertiary/aromatic N) is 1. The van der Waals surface area contributed by atoms with Crippen molar-refractivity contribution in [2.45, 2.75) is 12.7 Å². The van der Waals surface area contributed by atoms with Crippen molar-refractivity contribution in [2.75, 3.05) is 7.05 Å². The SMILES string of the molecule is CNCc1ccccc1Oc1ncc(Br)cc1C(F)(F)F. The van der Waals surface area contributed by atoms with E-state index in [0.717, 1.165) is 11.6 Å². The molecule has 3 nitrogen and oxygen atoms in total. The Morgan fingerprint density at radius 3 is 2.67 bits per heavy atom. The molecule has 0 bridgehead atoms. The molecule has 0 spiro atoms. The molecule has 0 atom stereocenters. The van der Waals surface area contributed by atoms with Crippen molar-refractivity contribution < 1.29 is 17.9 Å². The van der Waals surface area contributed by atoms with Crippen molar-refractivity contribution in [3.8, 4) is 11.6 Å².